The van der Waals surface area contributed by atoms with Gasteiger partial charge in [0.15, 0.2) is 11.6 Å². The van der Waals surface area contributed by atoms with Crippen molar-refractivity contribution in [1.82, 2.24) is 4.98 Å². The molecular weight excluding hydrogens is 197 g/mol. The summed E-state index contributed by atoms with van der Waals surface area (Å²) in [5.41, 5.74) is 4.59. The van der Waals surface area contributed by atoms with Gasteiger partial charge in [0.1, 0.15) is 5.69 Å². The van der Waals surface area contributed by atoms with Crippen molar-refractivity contribution in [3.05, 3.63) is 23.3 Å². The zero-order valence-electron chi connectivity index (χ0n) is 7.43. The number of rotatable bonds is 3. The number of nitrogens with two attached hydrogens (primary N) is 1. The summed E-state index contributed by atoms with van der Waals surface area (Å²) in [5, 5.41) is 0. The maximum Gasteiger partial charge on any atom is 0.283 e. The monoisotopic (exact) mass is 206 g/mol. The lowest BCUT2D eigenvalue weighted by Gasteiger charge is -2.09. The quantitative estimate of drug-likeness (QED) is 0.817. The van der Waals surface area contributed by atoms with Gasteiger partial charge >= 0.3 is 0 Å². The van der Waals surface area contributed by atoms with E-state index < -0.39 is 17.9 Å². The lowest BCUT2D eigenvalue weighted by molar-refractivity contribution is 0.139. The van der Waals surface area contributed by atoms with Crippen LogP contribution in [-0.4, -0.2) is 12.1 Å². The van der Waals surface area contributed by atoms with E-state index in [0.717, 1.165) is 6.20 Å². The van der Waals surface area contributed by atoms with Gasteiger partial charge in [-0.1, -0.05) is 0 Å². The number of hydrogen-bond donors (Lipinski definition) is 1. The van der Waals surface area contributed by atoms with E-state index in [1.807, 2.05) is 0 Å². The summed E-state index contributed by atoms with van der Waals surface area (Å²) in [7, 11) is 1.19. The fourth-order valence-corrected chi connectivity index (χ4v) is 1.04. The maximum atomic E-state index is 13.2. The Morgan fingerprint density at radius 3 is 2.64 bits per heavy atom. The Balaban J connectivity index is 3.27. The highest BCUT2D eigenvalue weighted by atomic mass is 19.3. The van der Waals surface area contributed by atoms with E-state index in [0.29, 0.717) is 0 Å². The fourth-order valence-electron chi connectivity index (χ4n) is 1.04. The van der Waals surface area contributed by atoms with E-state index in [4.69, 9.17) is 5.73 Å². The van der Waals surface area contributed by atoms with Crippen molar-refractivity contribution in [3.8, 4) is 5.75 Å². The molecule has 0 atom stereocenters. The first-order chi connectivity index (χ1) is 6.61. The molecule has 1 aromatic rings. The first-order valence-corrected chi connectivity index (χ1v) is 3.81. The Hall–Kier alpha value is -1.30. The first kappa shape index (κ1) is 10.8. The molecule has 0 aliphatic rings. The number of pyridine rings is 1. The van der Waals surface area contributed by atoms with Gasteiger partial charge < -0.3 is 10.5 Å². The summed E-state index contributed by atoms with van der Waals surface area (Å²) in [4.78, 5) is 3.27. The van der Waals surface area contributed by atoms with Crippen LogP contribution < -0.4 is 10.5 Å². The van der Waals surface area contributed by atoms with Crippen LogP contribution >= 0.6 is 0 Å². The third-order valence-corrected chi connectivity index (χ3v) is 1.71. The molecule has 0 aliphatic heterocycles. The number of aromatic nitrogens is 1. The summed E-state index contributed by atoms with van der Waals surface area (Å²) in [6, 6.07) is 0. The second kappa shape index (κ2) is 4.28. The molecule has 0 unspecified atom stereocenters. The lowest BCUT2D eigenvalue weighted by atomic mass is 10.2. The van der Waals surface area contributed by atoms with Gasteiger partial charge in [-0.25, -0.2) is 13.2 Å². The van der Waals surface area contributed by atoms with Crippen LogP contribution in [0.1, 0.15) is 17.7 Å². The highest BCUT2D eigenvalue weighted by Gasteiger charge is 2.21. The molecule has 1 rings (SSSR count). The Morgan fingerprint density at radius 1 is 1.57 bits per heavy atom. The van der Waals surface area contributed by atoms with E-state index in [2.05, 4.69) is 9.72 Å². The van der Waals surface area contributed by atoms with Gasteiger partial charge in [0.05, 0.1) is 7.11 Å². The van der Waals surface area contributed by atoms with Gasteiger partial charge in [0.2, 0.25) is 0 Å². The molecule has 0 aliphatic carbocycles. The highest BCUT2D eigenvalue weighted by Crippen LogP contribution is 2.28. The maximum absolute atomic E-state index is 13.2. The molecule has 0 radical (unpaired) electrons. The average Bonchev–Trinajstić information content (AvgIpc) is 2.16. The zero-order chi connectivity index (χ0) is 10.7. The van der Waals surface area contributed by atoms with Crippen LogP contribution in [0.15, 0.2) is 6.20 Å². The second-order valence-corrected chi connectivity index (χ2v) is 2.52. The molecule has 1 aromatic heterocycles. The average molecular weight is 206 g/mol. The van der Waals surface area contributed by atoms with Crippen molar-refractivity contribution in [2.75, 3.05) is 7.11 Å². The Morgan fingerprint density at radius 2 is 2.21 bits per heavy atom. The minimum absolute atomic E-state index is 0.0173. The minimum atomic E-state index is -2.96. The smallest absolute Gasteiger partial charge is 0.283 e. The SMILES string of the molecule is COc1c(CN)cnc(C(F)F)c1F. The third-order valence-electron chi connectivity index (χ3n) is 1.71. The first-order valence-electron chi connectivity index (χ1n) is 3.81. The van der Waals surface area contributed by atoms with Crippen molar-refractivity contribution in [2.45, 2.75) is 13.0 Å². The standard InChI is InChI=1S/C8H9F3N2O/c1-14-7-4(2-12)3-13-6(5(7)9)8(10)11/h3,8H,2,12H2,1H3. The van der Waals surface area contributed by atoms with Crippen molar-refractivity contribution < 1.29 is 17.9 Å². The molecule has 0 amide bonds. The molecule has 3 nitrogen and oxygen atoms in total. The Labute approximate surface area is 78.7 Å². The number of alkyl halides is 2. The van der Waals surface area contributed by atoms with Gasteiger partial charge in [-0.15, -0.1) is 0 Å². The van der Waals surface area contributed by atoms with Crippen LogP contribution in [0.2, 0.25) is 0 Å². The van der Waals surface area contributed by atoms with Crippen LogP contribution in [0, 0.1) is 5.82 Å². The fraction of sp³-hybridized carbons (Fsp3) is 0.375. The summed E-state index contributed by atoms with van der Waals surface area (Å²) >= 11 is 0. The highest BCUT2D eigenvalue weighted by molar-refractivity contribution is 5.35. The van der Waals surface area contributed by atoms with Crippen LogP contribution in [0.3, 0.4) is 0 Å². The number of nitrogens with zero attached hydrogens (tertiary/aromatic N) is 1. The molecule has 2 N–H and O–H groups in total. The van der Waals surface area contributed by atoms with E-state index in [9.17, 15) is 13.2 Å². The summed E-state index contributed by atoms with van der Waals surface area (Å²) in [6.07, 6.45) is -1.88. The normalized spacial score (nSPS) is 10.7. The van der Waals surface area contributed by atoms with Gasteiger partial charge in [0.25, 0.3) is 6.43 Å². The lowest BCUT2D eigenvalue weighted by Crippen LogP contribution is -2.06. The molecule has 14 heavy (non-hydrogen) atoms. The Bertz CT molecular complexity index is 331. The largest absolute Gasteiger partial charge is 0.493 e. The van der Waals surface area contributed by atoms with Crippen LogP contribution in [0.4, 0.5) is 13.2 Å². The minimum Gasteiger partial charge on any atom is -0.493 e. The van der Waals surface area contributed by atoms with Gasteiger partial charge in [-0.05, 0) is 0 Å². The zero-order valence-corrected chi connectivity index (χ0v) is 7.43. The third kappa shape index (κ3) is 1.79. The Kier molecular flexibility index (Phi) is 3.29. The van der Waals surface area contributed by atoms with Gasteiger partial charge in [0, 0.05) is 18.3 Å². The van der Waals surface area contributed by atoms with Gasteiger partial charge in [-0.2, -0.15) is 0 Å². The molecule has 0 spiro atoms. The van der Waals surface area contributed by atoms with Crippen molar-refractivity contribution >= 4 is 0 Å². The molecule has 0 fully saturated rings. The summed E-state index contributed by atoms with van der Waals surface area (Å²) < 4.78 is 42.3. The molecule has 1 heterocycles. The summed E-state index contributed by atoms with van der Waals surface area (Å²) in [6.45, 7) is -0.0173. The number of hydrogen-bond acceptors (Lipinski definition) is 3. The second-order valence-electron chi connectivity index (χ2n) is 2.52. The molecule has 78 valence electrons. The predicted octanol–water partition coefficient (Wildman–Crippen LogP) is 1.63. The number of halogens is 3. The molecule has 0 bridgehead atoms. The summed E-state index contributed by atoms with van der Waals surface area (Å²) in [5.74, 6) is -1.41. The van der Waals surface area contributed by atoms with Crippen molar-refractivity contribution in [1.29, 1.82) is 0 Å². The molecule has 0 saturated heterocycles. The van der Waals surface area contributed by atoms with Crippen LogP contribution in [0.5, 0.6) is 5.75 Å². The predicted molar refractivity (Wildman–Crippen MR) is 43.6 cm³/mol. The molecule has 0 saturated carbocycles. The number of methoxy groups -OCH3 is 1. The van der Waals surface area contributed by atoms with E-state index >= 15 is 0 Å². The molecule has 0 aromatic carbocycles. The van der Waals surface area contributed by atoms with Crippen LogP contribution in [-0.2, 0) is 6.54 Å². The van der Waals surface area contributed by atoms with Crippen molar-refractivity contribution in [2.24, 2.45) is 5.73 Å². The van der Waals surface area contributed by atoms with Crippen LogP contribution in [0.25, 0.3) is 0 Å². The van der Waals surface area contributed by atoms with E-state index in [1.165, 1.54) is 7.11 Å². The topological polar surface area (TPSA) is 48.1 Å². The van der Waals surface area contributed by atoms with E-state index in [-0.39, 0.29) is 17.9 Å². The van der Waals surface area contributed by atoms with Gasteiger partial charge in [-0.3, -0.25) is 4.98 Å². The van der Waals surface area contributed by atoms with Crippen molar-refractivity contribution in [3.63, 3.8) is 0 Å². The molecular formula is C8H9F3N2O. The van der Waals surface area contributed by atoms with E-state index in [1.54, 1.807) is 0 Å². The molecule has 6 heteroatoms. The number of ether oxygens (including phenoxy) is 1.